The lowest BCUT2D eigenvalue weighted by molar-refractivity contribution is -0.124. The predicted octanol–water partition coefficient (Wildman–Crippen LogP) is 1.42. The van der Waals surface area contributed by atoms with Crippen LogP contribution in [-0.2, 0) is 14.6 Å². The molecule has 1 amide bonds. The molecule has 1 aromatic rings. The third-order valence-electron chi connectivity index (χ3n) is 3.94. The quantitative estimate of drug-likeness (QED) is 0.881. The first-order valence-corrected chi connectivity index (χ1v) is 8.59. The summed E-state index contributed by atoms with van der Waals surface area (Å²) in [5, 5.41) is 5.99. The van der Waals surface area contributed by atoms with E-state index in [4.69, 9.17) is 0 Å². The summed E-state index contributed by atoms with van der Waals surface area (Å²) >= 11 is 0. The summed E-state index contributed by atoms with van der Waals surface area (Å²) in [6.45, 7) is 3.43. The predicted molar refractivity (Wildman–Crippen MR) is 78.4 cm³/mol. The molecule has 0 saturated carbocycles. The van der Waals surface area contributed by atoms with Crippen LogP contribution in [0.1, 0.15) is 19.8 Å². The minimum Gasteiger partial charge on any atom is -0.324 e. The molecule has 5 nitrogen and oxygen atoms in total. The third kappa shape index (κ3) is 2.86. The standard InChI is InChI=1S/C14H20N2O3S/c1-3-14(8-9-15-10-14)13(17)16-11-6-4-5-7-12(11)20(2,18)19/h4-7,15H,3,8-10H2,1-2H3,(H,16,17). The summed E-state index contributed by atoms with van der Waals surface area (Å²) in [4.78, 5) is 12.7. The fourth-order valence-electron chi connectivity index (χ4n) is 2.55. The van der Waals surface area contributed by atoms with Gasteiger partial charge in [-0.1, -0.05) is 19.1 Å². The van der Waals surface area contributed by atoms with Gasteiger partial charge in [0.25, 0.3) is 0 Å². The molecule has 0 spiro atoms. The fourth-order valence-corrected chi connectivity index (χ4v) is 3.39. The molecule has 1 unspecified atom stereocenters. The highest BCUT2D eigenvalue weighted by atomic mass is 32.2. The Morgan fingerprint density at radius 3 is 2.65 bits per heavy atom. The number of amides is 1. The Bertz CT molecular complexity index is 605. The van der Waals surface area contributed by atoms with E-state index in [-0.39, 0.29) is 10.8 Å². The number of benzene rings is 1. The Labute approximate surface area is 119 Å². The van der Waals surface area contributed by atoms with Gasteiger partial charge in [-0.25, -0.2) is 8.42 Å². The molecular weight excluding hydrogens is 276 g/mol. The molecule has 1 saturated heterocycles. The highest BCUT2D eigenvalue weighted by Crippen LogP contribution is 2.32. The fraction of sp³-hybridized carbons (Fsp3) is 0.500. The second kappa shape index (κ2) is 5.54. The van der Waals surface area contributed by atoms with E-state index in [1.165, 1.54) is 6.07 Å². The van der Waals surface area contributed by atoms with Crippen molar-refractivity contribution < 1.29 is 13.2 Å². The molecule has 0 aromatic heterocycles. The van der Waals surface area contributed by atoms with Crippen LogP contribution in [0, 0.1) is 5.41 Å². The number of carbonyl (C=O) groups excluding carboxylic acids is 1. The molecule has 0 bridgehead atoms. The van der Waals surface area contributed by atoms with Crippen molar-refractivity contribution >= 4 is 21.4 Å². The van der Waals surface area contributed by atoms with Crippen LogP contribution in [0.3, 0.4) is 0 Å². The van der Waals surface area contributed by atoms with Gasteiger partial charge in [0.05, 0.1) is 16.0 Å². The maximum Gasteiger partial charge on any atom is 0.231 e. The van der Waals surface area contributed by atoms with Crippen molar-refractivity contribution in [2.24, 2.45) is 5.41 Å². The third-order valence-corrected chi connectivity index (χ3v) is 5.09. The molecular formula is C14H20N2O3S. The number of nitrogens with one attached hydrogen (secondary N) is 2. The maximum atomic E-state index is 12.5. The van der Waals surface area contributed by atoms with Crippen LogP contribution < -0.4 is 10.6 Å². The van der Waals surface area contributed by atoms with Gasteiger partial charge in [0.2, 0.25) is 5.91 Å². The molecule has 0 aliphatic carbocycles. The number of carbonyl (C=O) groups is 1. The molecule has 1 atom stereocenters. The van der Waals surface area contributed by atoms with Gasteiger partial charge in [0, 0.05) is 12.8 Å². The van der Waals surface area contributed by atoms with Crippen molar-refractivity contribution in [3.8, 4) is 0 Å². The van der Waals surface area contributed by atoms with Gasteiger partial charge >= 0.3 is 0 Å². The monoisotopic (exact) mass is 296 g/mol. The van der Waals surface area contributed by atoms with Gasteiger partial charge in [0.15, 0.2) is 9.84 Å². The zero-order chi connectivity index (χ0) is 14.8. The lowest BCUT2D eigenvalue weighted by Crippen LogP contribution is -2.37. The van der Waals surface area contributed by atoms with Gasteiger partial charge in [-0.05, 0) is 31.5 Å². The van der Waals surface area contributed by atoms with Crippen molar-refractivity contribution in [3.05, 3.63) is 24.3 Å². The molecule has 110 valence electrons. The van der Waals surface area contributed by atoms with E-state index in [1.807, 2.05) is 6.92 Å². The Balaban J connectivity index is 2.29. The van der Waals surface area contributed by atoms with Crippen molar-refractivity contribution in [1.82, 2.24) is 5.32 Å². The second-order valence-corrected chi connectivity index (χ2v) is 7.27. The SMILES string of the molecule is CCC1(C(=O)Nc2ccccc2S(C)(=O)=O)CCNC1. The number of hydrogen-bond acceptors (Lipinski definition) is 4. The molecule has 1 fully saturated rings. The van der Waals surface area contributed by atoms with Crippen molar-refractivity contribution in [2.75, 3.05) is 24.7 Å². The van der Waals surface area contributed by atoms with Crippen LogP contribution in [0.4, 0.5) is 5.69 Å². The lowest BCUT2D eigenvalue weighted by Gasteiger charge is -2.25. The molecule has 1 aliphatic heterocycles. The van der Waals surface area contributed by atoms with E-state index in [0.717, 1.165) is 25.6 Å². The van der Waals surface area contributed by atoms with Gasteiger partial charge in [0.1, 0.15) is 0 Å². The summed E-state index contributed by atoms with van der Waals surface area (Å²) in [6, 6.07) is 6.51. The lowest BCUT2D eigenvalue weighted by atomic mass is 9.83. The zero-order valence-corrected chi connectivity index (χ0v) is 12.6. The molecule has 1 aromatic carbocycles. The van der Waals surface area contributed by atoms with Crippen LogP contribution in [0.5, 0.6) is 0 Å². The Morgan fingerprint density at radius 1 is 1.40 bits per heavy atom. The van der Waals surface area contributed by atoms with E-state index in [1.54, 1.807) is 18.2 Å². The highest BCUT2D eigenvalue weighted by molar-refractivity contribution is 7.90. The minimum atomic E-state index is -3.36. The van der Waals surface area contributed by atoms with E-state index in [2.05, 4.69) is 10.6 Å². The van der Waals surface area contributed by atoms with Crippen molar-refractivity contribution in [1.29, 1.82) is 0 Å². The summed E-state index contributed by atoms with van der Waals surface area (Å²) < 4.78 is 23.5. The van der Waals surface area contributed by atoms with Crippen molar-refractivity contribution in [2.45, 2.75) is 24.7 Å². The Morgan fingerprint density at radius 2 is 2.10 bits per heavy atom. The minimum absolute atomic E-state index is 0.110. The van der Waals surface area contributed by atoms with Crippen LogP contribution in [0.25, 0.3) is 0 Å². The molecule has 1 heterocycles. The van der Waals surface area contributed by atoms with E-state index in [9.17, 15) is 13.2 Å². The zero-order valence-electron chi connectivity index (χ0n) is 11.8. The summed E-state index contributed by atoms with van der Waals surface area (Å²) in [5.41, 5.74) is -0.0790. The van der Waals surface area contributed by atoms with E-state index < -0.39 is 15.3 Å². The number of sulfone groups is 1. The van der Waals surface area contributed by atoms with E-state index in [0.29, 0.717) is 12.2 Å². The first kappa shape index (κ1) is 15.0. The van der Waals surface area contributed by atoms with Gasteiger partial charge in [-0.3, -0.25) is 4.79 Å². The van der Waals surface area contributed by atoms with Crippen LogP contribution in [0.2, 0.25) is 0 Å². The van der Waals surface area contributed by atoms with E-state index >= 15 is 0 Å². The number of rotatable bonds is 4. The topological polar surface area (TPSA) is 75.3 Å². The van der Waals surface area contributed by atoms with Crippen LogP contribution in [-0.4, -0.2) is 33.7 Å². The van der Waals surface area contributed by atoms with Gasteiger partial charge < -0.3 is 10.6 Å². The van der Waals surface area contributed by atoms with Crippen molar-refractivity contribution in [3.63, 3.8) is 0 Å². The van der Waals surface area contributed by atoms with Gasteiger partial charge in [-0.2, -0.15) is 0 Å². The highest BCUT2D eigenvalue weighted by Gasteiger charge is 2.39. The second-order valence-electron chi connectivity index (χ2n) is 5.28. The van der Waals surface area contributed by atoms with Gasteiger partial charge in [-0.15, -0.1) is 0 Å². The average Bonchev–Trinajstić information content (AvgIpc) is 2.88. The summed E-state index contributed by atoms with van der Waals surface area (Å²) in [7, 11) is -3.36. The number of hydrogen-bond donors (Lipinski definition) is 2. The maximum absolute atomic E-state index is 12.5. The molecule has 2 rings (SSSR count). The molecule has 0 radical (unpaired) electrons. The first-order valence-electron chi connectivity index (χ1n) is 6.70. The molecule has 1 aliphatic rings. The van der Waals surface area contributed by atoms with Crippen LogP contribution >= 0.6 is 0 Å². The molecule has 6 heteroatoms. The Kier molecular flexibility index (Phi) is 4.15. The summed E-state index contributed by atoms with van der Waals surface area (Å²) in [6.07, 6.45) is 2.65. The molecule has 2 N–H and O–H groups in total. The largest absolute Gasteiger partial charge is 0.324 e. The number of anilines is 1. The normalized spacial score (nSPS) is 22.7. The molecule has 20 heavy (non-hydrogen) atoms. The smallest absolute Gasteiger partial charge is 0.231 e. The first-order chi connectivity index (χ1) is 9.39. The summed E-state index contributed by atoms with van der Waals surface area (Å²) in [5.74, 6) is -0.110. The number of para-hydroxylation sites is 1. The average molecular weight is 296 g/mol. The Hall–Kier alpha value is -1.40. The van der Waals surface area contributed by atoms with Crippen LogP contribution in [0.15, 0.2) is 29.2 Å².